The molecule has 2 aromatic rings. The molecule has 2 rings (SSSR count). The number of hydrogen-bond donors (Lipinski definition) is 2. The van der Waals surface area contributed by atoms with Gasteiger partial charge in [-0.1, -0.05) is 30.3 Å². The summed E-state index contributed by atoms with van der Waals surface area (Å²) in [6, 6.07) is 10.5. The number of oxazole rings is 1. The smallest absolute Gasteiger partial charge is 0.357 e. The minimum atomic E-state index is -1.09. The van der Waals surface area contributed by atoms with E-state index in [1.54, 1.807) is 0 Å². The second-order valence-electron chi connectivity index (χ2n) is 4.85. The Bertz CT molecular complexity index is 569. The van der Waals surface area contributed by atoms with Gasteiger partial charge in [-0.05, 0) is 25.6 Å². The van der Waals surface area contributed by atoms with E-state index >= 15 is 0 Å². The molecule has 0 spiro atoms. The van der Waals surface area contributed by atoms with Crippen LogP contribution in [-0.4, -0.2) is 41.1 Å². The van der Waals surface area contributed by atoms with Gasteiger partial charge in [0, 0.05) is 13.1 Å². The predicted molar refractivity (Wildman–Crippen MR) is 79.3 cm³/mol. The molecule has 0 saturated carbocycles. The Morgan fingerprint density at radius 2 is 2.14 bits per heavy atom. The molecule has 1 heterocycles. The van der Waals surface area contributed by atoms with Gasteiger partial charge >= 0.3 is 5.97 Å². The highest BCUT2D eigenvalue weighted by Gasteiger charge is 2.09. The van der Waals surface area contributed by atoms with Crippen LogP contribution in [0.3, 0.4) is 0 Å². The van der Waals surface area contributed by atoms with Gasteiger partial charge in [0.15, 0.2) is 5.69 Å². The number of hydrogen-bond acceptors (Lipinski definition) is 5. The van der Waals surface area contributed by atoms with E-state index in [1.165, 1.54) is 5.56 Å². The van der Waals surface area contributed by atoms with Crippen molar-refractivity contribution in [2.45, 2.75) is 13.0 Å². The van der Waals surface area contributed by atoms with Crippen LogP contribution in [-0.2, 0) is 6.54 Å². The average Bonchev–Trinajstić information content (AvgIpc) is 2.94. The molecule has 0 amide bonds. The van der Waals surface area contributed by atoms with Gasteiger partial charge in [0.1, 0.15) is 6.26 Å². The van der Waals surface area contributed by atoms with Crippen LogP contribution in [0.1, 0.15) is 22.5 Å². The third-order valence-corrected chi connectivity index (χ3v) is 3.01. The summed E-state index contributed by atoms with van der Waals surface area (Å²) in [4.78, 5) is 16.7. The van der Waals surface area contributed by atoms with Gasteiger partial charge in [0.2, 0.25) is 0 Å². The lowest BCUT2D eigenvalue weighted by Gasteiger charge is -2.16. The first-order valence-electron chi connectivity index (χ1n) is 6.80. The second-order valence-corrected chi connectivity index (χ2v) is 4.85. The molecule has 6 heteroatoms. The lowest BCUT2D eigenvalue weighted by Crippen LogP contribution is -2.21. The van der Waals surface area contributed by atoms with Crippen molar-refractivity contribution in [2.24, 2.45) is 0 Å². The van der Waals surface area contributed by atoms with Gasteiger partial charge in [-0.15, -0.1) is 0 Å². The fourth-order valence-corrected chi connectivity index (χ4v) is 1.97. The lowest BCUT2D eigenvalue weighted by molar-refractivity contribution is 0.0690. The summed E-state index contributed by atoms with van der Waals surface area (Å²) in [5, 5.41) is 11.7. The van der Waals surface area contributed by atoms with Gasteiger partial charge in [-0.25, -0.2) is 4.79 Å². The first-order valence-corrected chi connectivity index (χ1v) is 6.80. The molecule has 0 aliphatic carbocycles. The number of nitrogens with one attached hydrogen (secondary N) is 1. The Labute approximate surface area is 123 Å². The molecule has 0 radical (unpaired) electrons. The maximum Gasteiger partial charge on any atom is 0.357 e. The largest absolute Gasteiger partial charge is 0.476 e. The Morgan fingerprint density at radius 3 is 2.81 bits per heavy atom. The highest BCUT2D eigenvalue weighted by molar-refractivity contribution is 5.85. The van der Waals surface area contributed by atoms with Crippen molar-refractivity contribution in [2.75, 3.05) is 25.5 Å². The van der Waals surface area contributed by atoms with Crippen LogP contribution in [0.15, 0.2) is 41.0 Å². The first-order chi connectivity index (χ1) is 10.1. The molecule has 21 heavy (non-hydrogen) atoms. The molecular weight excluding hydrogens is 270 g/mol. The normalized spacial score (nSPS) is 10.8. The Hall–Kier alpha value is -2.34. The maximum atomic E-state index is 10.7. The zero-order valence-corrected chi connectivity index (χ0v) is 12.0. The van der Waals surface area contributed by atoms with E-state index < -0.39 is 5.97 Å². The summed E-state index contributed by atoms with van der Waals surface area (Å²) in [5.74, 6) is -1.09. The van der Waals surface area contributed by atoms with E-state index in [2.05, 4.69) is 34.4 Å². The molecule has 0 fully saturated rings. The number of rotatable bonds is 8. The minimum Gasteiger partial charge on any atom is -0.476 e. The van der Waals surface area contributed by atoms with Gasteiger partial charge < -0.3 is 19.7 Å². The maximum absolute atomic E-state index is 10.7. The Balaban J connectivity index is 1.66. The molecule has 0 saturated heterocycles. The highest BCUT2D eigenvalue weighted by Crippen LogP contribution is 2.07. The summed E-state index contributed by atoms with van der Waals surface area (Å²) in [6.07, 6.45) is 2.04. The van der Waals surface area contributed by atoms with Crippen molar-refractivity contribution in [1.82, 2.24) is 9.88 Å². The van der Waals surface area contributed by atoms with Crippen LogP contribution in [0.5, 0.6) is 0 Å². The lowest BCUT2D eigenvalue weighted by atomic mass is 10.2. The molecule has 6 nitrogen and oxygen atoms in total. The molecule has 1 aromatic heterocycles. The molecule has 0 aliphatic heterocycles. The summed E-state index contributed by atoms with van der Waals surface area (Å²) in [7, 11) is 2.07. The number of nitrogens with zero attached hydrogens (tertiary/aromatic N) is 2. The van der Waals surface area contributed by atoms with Crippen molar-refractivity contribution in [3.05, 3.63) is 47.9 Å². The van der Waals surface area contributed by atoms with E-state index in [4.69, 9.17) is 9.52 Å². The quantitative estimate of drug-likeness (QED) is 0.726. The molecule has 0 aliphatic rings. The summed E-state index contributed by atoms with van der Waals surface area (Å²) >= 11 is 0. The van der Waals surface area contributed by atoms with Crippen LogP contribution in [0.2, 0.25) is 0 Å². The molecule has 0 unspecified atom stereocenters. The molecular formula is C15H19N3O3. The zero-order valence-electron chi connectivity index (χ0n) is 12.0. The fourth-order valence-electron chi connectivity index (χ4n) is 1.97. The van der Waals surface area contributed by atoms with Crippen LogP contribution in [0, 0.1) is 0 Å². The van der Waals surface area contributed by atoms with Gasteiger partial charge in [-0.2, -0.15) is 4.98 Å². The minimum absolute atomic E-state index is 0.0845. The number of anilines is 1. The topological polar surface area (TPSA) is 78.6 Å². The predicted octanol–water partition coefficient (Wildman–Crippen LogP) is 2.31. The van der Waals surface area contributed by atoms with Gasteiger partial charge in [-0.3, -0.25) is 0 Å². The van der Waals surface area contributed by atoms with Crippen molar-refractivity contribution in [3.8, 4) is 0 Å². The van der Waals surface area contributed by atoms with Crippen LogP contribution in [0.25, 0.3) is 0 Å². The Kier molecular flexibility index (Phi) is 5.34. The Morgan fingerprint density at radius 1 is 1.38 bits per heavy atom. The molecule has 0 atom stereocenters. The van der Waals surface area contributed by atoms with E-state index in [-0.39, 0.29) is 11.7 Å². The number of aromatic carboxylic acids is 1. The van der Waals surface area contributed by atoms with E-state index in [9.17, 15) is 4.79 Å². The summed E-state index contributed by atoms with van der Waals surface area (Å²) in [5.41, 5.74) is 1.20. The number of benzene rings is 1. The number of carboxylic acids is 1. The van der Waals surface area contributed by atoms with Gasteiger partial charge in [0.25, 0.3) is 6.01 Å². The van der Waals surface area contributed by atoms with Crippen LogP contribution >= 0.6 is 0 Å². The number of carbonyl (C=O) groups is 1. The van der Waals surface area contributed by atoms with E-state index in [0.29, 0.717) is 6.54 Å². The van der Waals surface area contributed by atoms with Crippen molar-refractivity contribution in [3.63, 3.8) is 0 Å². The number of carboxylic acid groups (broad SMARTS) is 1. The molecule has 2 N–H and O–H groups in total. The average molecular weight is 289 g/mol. The van der Waals surface area contributed by atoms with Crippen LogP contribution < -0.4 is 5.32 Å². The van der Waals surface area contributed by atoms with Crippen LogP contribution in [0.4, 0.5) is 6.01 Å². The highest BCUT2D eigenvalue weighted by atomic mass is 16.4. The third kappa shape index (κ3) is 4.92. The number of aromatic nitrogens is 1. The SMILES string of the molecule is CN(CCCNc1nc(C(=O)O)co1)Cc1ccccc1. The zero-order chi connectivity index (χ0) is 15.1. The summed E-state index contributed by atoms with van der Waals surface area (Å²) < 4.78 is 5.01. The summed E-state index contributed by atoms with van der Waals surface area (Å²) in [6.45, 7) is 2.51. The van der Waals surface area contributed by atoms with Gasteiger partial charge in [0.05, 0.1) is 0 Å². The van der Waals surface area contributed by atoms with Crippen molar-refractivity contribution < 1.29 is 14.3 Å². The molecule has 0 bridgehead atoms. The standard InChI is InChI=1S/C15H19N3O3/c1-18(10-12-6-3-2-4-7-12)9-5-8-16-15-17-13(11-21-15)14(19)20/h2-4,6-7,11H,5,8-10H2,1H3,(H,16,17)(H,19,20). The van der Waals surface area contributed by atoms with Crippen molar-refractivity contribution >= 4 is 12.0 Å². The molecule has 112 valence electrons. The third-order valence-electron chi connectivity index (χ3n) is 3.01. The second kappa shape index (κ2) is 7.44. The fraction of sp³-hybridized carbons (Fsp3) is 0.333. The molecule has 1 aromatic carbocycles. The van der Waals surface area contributed by atoms with Crippen molar-refractivity contribution in [1.29, 1.82) is 0 Å². The van der Waals surface area contributed by atoms with E-state index in [1.807, 2.05) is 18.2 Å². The first kappa shape index (κ1) is 15.1. The van der Waals surface area contributed by atoms with E-state index in [0.717, 1.165) is 25.8 Å². The monoisotopic (exact) mass is 289 g/mol.